The van der Waals surface area contributed by atoms with Gasteiger partial charge in [-0.05, 0) is 36.3 Å². The smallest absolute Gasteiger partial charge is 0.344 e. The van der Waals surface area contributed by atoms with Crippen LogP contribution in [0.4, 0.5) is 5.69 Å². The second kappa shape index (κ2) is 8.48. The number of benzene rings is 1. The van der Waals surface area contributed by atoms with Gasteiger partial charge in [-0.1, -0.05) is 0 Å². The van der Waals surface area contributed by atoms with E-state index in [1.165, 1.54) is 13.1 Å². The van der Waals surface area contributed by atoms with Crippen LogP contribution in [0.25, 0.3) is 0 Å². The molecule has 0 aliphatic heterocycles. The van der Waals surface area contributed by atoms with Crippen molar-refractivity contribution in [2.75, 3.05) is 25.6 Å². The lowest BCUT2D eigenvalue weighted by atomic mass is 10.2. The monoisotopic (exact) mass is 347 g/mol. The van der Waals surface area contributed by atoms with Crippen molar-refractivity contribution >= 4 is 23.5 Å². The zero-order valence-corrected chi connectivity index (χ0v) is 13.7. The van der Waals surface area contributed by atoms with Crippen LogP contribution in [0.3, 0.4) is 0 Å². The molecule has 0 saturated carbocycles. The summed E-state index contributed by atoms with van der Waals surface area (Å²) < 4.78 is 14.6. The minimum atomic E-state index is -0.717. The number of nitrogens with one attached hydrogen (secondary N) is 2. The van der Waals surface area contributed by atoms with Crippen LogP contribution < -0.4 is 15.4 Å². The van der Waals surface area contributed by atoms with Gasteiger partial charge in [0.15, 0.2) is 13.2 Å². The van der Waals surface area contributed by atoms with E-state index in [2.05, 4.69) is 15.8 Å². The van der Waals surface area contributed by atoms with Crippen LogP contribution >= 0.6 is 0 Å². The third-order valence-corrected chi connectivity index (χ3v) is 2.97. The van der Waals surface area contributed by atoms with Gasteiger partial charge in [-0.25, -0.2) is 4.79 Å². The van der Waals surface area contributed by atoms with Crippen molar-refractivity contribution in [1.82, 2.24) is 10.5 Å². The number of esters is 1. The Morgan fingerprint density at radius 1 is 1.16 bits per heavy atom. The number of nitrogens with zero attached hydrogens (tertiary/aromatic N) is 1. The van der Waals surface area contributed by atoms with Crippen LogP contribution in [0.15, 0.2) is 34.9 Å². The zero-order chi connectivity index (χ0) is 18.2. The maximum absolute atomic E-state index is 11.7. The molecule has 2 amide bonds. The van der Waals surface area contributed by atoms with Gasteiger partial charge in [0, 0.05) is 24.4 Å². The molecular formula is C16H17N3O6. The summed E-state index contributed by atoms with van der Waals surface area (Å²) >= 11 is 0. The Morgan fingerprint density at radius 2 is 1.88 bits per heavy atom. The van der Waals surface area contributed by atoms with E-state index < -0.39 is 18.5 Å². The van der Waals surface area contributed by atoms with Crippen LogP contribution in [0, 0.1) is 6.92 Å². The summed E-state index contributed by atoms with van der Waals surface area (Å²) in [7, 11) is 1.53. The predicted molar refractivity (Wildman–Crippen MR) is 86.2 cm³/mol. The summed E-state index contributed by atoms with van der Waals surface area (Å²) in [6.07, 6.45) is 0. The fraction of sp³-hybridized carbons (Fsp3) is 0.250. The molecule has 0 spiro atoms. The standard InChI is InChI=1S/C16H17N3O6/c1-10-7-14(19-25-10)23-9-15(21)24-8-13(20)18-12-5-3-11(4-6-12)16(22)17-2/h3-7H,8-9H2,1-2H3,(H,17,22)(H,18,20). The first kappa shape index (κ1) is 18.0. The van der Waals surface area contributed by atoms with Crippen LogP contribution in [-0.2, 0) is 14.3 Å². The molecule has 1 aromatic heterocycles. The average molecular weight is 347 g/mol. The molecule has 25 heavy (non-hydrogen) atoms. The highest BCUT2D eigenvalue weighted by molar-refractivity contribution is 5.96. The van der Waals surface area contributed by atoms with Gasteiger partial charge < -0.3 is 24.6 Å². The Labute approximate surface area is 143 Å². The van der Waals surface area contributed by atoms with Crippen molar-refractivity contribution in [3.05, 3.63) is 41.7 Å². The number of hydrogen-bond donors (Lipinski definition) is 2. The quantitative estimate of drug-likeness (QED) is 0.714. The number of amides is 2. The first-order valence-corrected chi connectivity index (χ1v) is 7.31. The van der Waals surface area contributed by atoms with E-state index in [4.69, 9.17) is 14.0 Å². The van der Waals surface area contributed by atoms with Crippen molar-refractivity contribution < 1.29 is 28.4 Å². The Morgan fingerprint density at radius 3 is 2.48 bits per heavy atom. The number of aryl methyl sites for hydroxylation is 1. The normalized spacial score (nSPS) is 10.0. The van der Waals surface area contributed by atoms with Gasteiger partial charge in [0.1, 0.15) is 5.76 Å². The third-order valence-electron chi connectivity index (χ3n) is 2.97. The number of ether oxygens (including phenoxy) is 2. The van der Waals surface area contributed by atoms with E-state index in [0.29, 0.717) is 17.0 Å². The molecule has 0 unspecified atom stereocenters. The summed E-state index contributed by atoms with van der Waals surface area (Å²) in [5, 5.41) is 8.59. The Kier molecular flexibility index (Phi) is 6.10. The summed E-state index contributed by atoms with van der Waals surface area (Å²) in [5.74, 6) is -0.751. The second-order valence-corrected chi connectivity index (χ2v) is 4.93. The predicted octanol–water partition coefficient (Wildman–Crippen LogP) is 0.903. The van der Waals surface area contributed by atoms with Gasteiger partial charge in [0.25, 0.3) is 17.7 Å². The first-order chi connectivity index (χ1) is 12.0. The molecule has 9 nitrogen and oxygen atoms in total. The maximum Gasteiger partial charge on any atom is 0.344 e. The van der Waals surface area contributed by atoms with Crippen molar-refractivity contribution in [2.45, 2.75) is 6.92 Å². The molecule has 2 N–H and O–H groups in total. The van der Waals surface area contributed by atoms with Crippen LogP contribution in [-0.4, -0.2) is 43.2 Å². The van der Waals surface area contributed by atoms with E-state index in [1.807, 2.05) is 0 Å². The second-order valence-electron chi connectivity index (χ2n) is 4.93. The summed E-state index contributed by atoms with van der Waals surface area (Å²) in [6, 6.07) is 7.78. The highest BCUT2D eigenvalue weighted by atomic mass is 16.6. The molecule has 0 fully saturated rings. The van der Waals surface area contributed by atoms with Crippen molar-refractivity contribution in [2.24, 2.45) is 0 Å². The number of rotatable bonds is 7. The Bertz CT molecular complexity index is 753. The lowest BCUT2D eigenvalue weighted by molar-refractivity contribution is -0.149. The maximum atomic E-state index is 11.7. The molecule has 9 heteroatoms. The molecule has 1 heterocycles. The molecule has 0 atom stereocenters. The van der Waals surface area contributed by atoms with Crippen molar-refractivity contribution in [1.29, 1.82) is 0 Å². The van der Waals surface area contributed by atoms with Gasteiger partial charge in [-0.2, -0.15) is 0 Å². The van der Waals surface area contributed by atoms with E-state index >= 15 is 0 Å². The Hall–Kier alpha value is -3.36. The third kappa shape index (κ3) is 5.65. The SMILES string of the molecule is CNC(=O)c1ccc(NC(=O)COC(=O)COc2cc(C)on2)cc1. The van der Waals surface area contributed by atoms with Gasteiger partial charge >= 0.3 is 5.97 Å². The zero-order valence-electron chi connectivity index (χ0n) is 13.7. The summed E-state index contributed by atoms with van der Waals surface area (Å²) in [4.78, 5) is 34.6. The van der Waals surface area contributed by atoms with E-state index in [0.717, 1.165) is 0 Å². The van der Waals surface area contributed by atoms with Crippen LogP contribution in [0.2, 0.25) is 0 Å². The molecule has 0 bridgehead atoms. The number of carbonyl (C=O) groups is 3. The minimum Gasteiger partial charge on any atom is -0.463 e. The fourth-order valence-electron chi connectivity index (χ4n) is 1.78. The molecule has 0 aliphatic rings. The number of carbonyl (C=O) groups excluding carboxylic acids is 3. The van der Waals surface area contributed by atoms with E-state index in [-0.39, 0.29) is 18.4 Å². The van der Waals surface area contributed by atoms with Crippen molar-refractivity contribution in [3.63, 3.8) is 0 Å². The molecule has 0 radical (unpaired) electrons. The molecule has 2 aromatic rings. The van der Waals surface area contributed by atoms with Crippen LogP contribution in [0.1, 0.15) is 16.1 Å². The first-order valence-electron chi connectivity index (χ1n) is 7.31. The Balaban J connectivity index is 1.72. The van der Waals surface area contributed by atoms with Gasteiger partial charge in [0.2, 0.25) is 0 Å². The molecular weight excluding hydrogens is 330 g/mol. The van der Waals surface area contributed by atoms with Crippen molar-refractivity contribution in [3.8, 4) is 5.88 Å². The summed E-state index contributed by atoms with van der Waals surface area (Å²) in [5.41, 5.74) is 0.940. The number of aromatic nitrogens is 1. The molecule has 0 saturated heterocycles. The average Bonchev–Trinajstić information content (AvgIpc) is 3.03. The lowest BCUT2D eigenvalue weighted by Crippen LogP contribution is -2.23. The molecule has 132 valence electrons. The van der Waals surface area contributed by atoms with E-state index in [1.54, 1.807) is 31.2 Å². The topological polar surface area (TPSA) is 120 Å². The highest BCUT2D eigenvalue weighted by Gasteiger charge is 2.11. The fourth-order valence-corrected chi connectivity index (χ4v) is 1.78. The van der Waals surface area contributed by atoms with Crippen LogP contribution in [0.5, 0.6) is 5.88 Å². The minimum absolute atomic E-state index is 0.162. The lowest BCUT2D eigenvalue weighted by Gasteiger charge is -2.07. The number of anilines is 1. The van der Waals surface area contributed by atoms with Gasteiger partial charge in [-0.3, -0.25) is 9.59 Å². The number of hydrogen-bond acceptors (Lipinski definition) is 7. The van der Waals surface area contributed by atoms with Gasteiger partial charge in [-0.15, -0.1) is 0 Å². The largest absolute Gasteiger partial charge is 0.463 e. The molecule has 2 rings (SSSR count). The van der Waals surface area contributed by atoms with Gasteiger partial charge in [0.05, 0.1) is 0 Å². The molecule has 1 aromatic carbocycles. The van der Waals surface area contributed by atoms with E-state index in [9.17, 15) is 14.4 Å². The molecule has 0 aliphatic carbocycles. The summed E-state index contributed by atoms with van der Waals surface area (Å²) in [6.45, 7) is 0.834. The highest BCUT2D eigenvalue weighted by Crippen LogP contribution is 2.10.